The Kier molecular flexibility index (Phi) is 4.45. The molecule has 0 amide bonds. The molecule has 1 aromatic rings. The van der Waals surface area contributed by atoms with Crippen LogP contribution < -0.4 is 0 Å². The van der Waals surface area contributed by atoms with Crippen LogP contribution in [0.1, 0.15) is 74.4 Å². The average Bonchev–Trinajstić information content (AvgIpc) is 2.85. The van der Waals surface area contributed by atoms with E-state index in [-0.39, 0.29) is 5.24 Å². The molecule has 1 fully saturated rings. The van der Waals surface area contributed by atoms with Crippen molar-refractivity contribution in [3.8, 4) is 0 Å². The normalized spacial score (nSPS) is 19.9. The van der Waals surface area contributed by atoms with Crippen LogP contribution in [-0.2, 0) is 24.1 Å². The fraction of sp³-hybridized carbons (Fsp3) is 0.750. The van der Waals surface area contributed by atoms with E-state index in [0.29, 0.717) is 18.9 Å². The van der Waals surface area contributed by atoms with E-state index < -0.39 is 0 Å². The number of fused-ring (bicyclic) bond motifs is 1. The van der Waals surface area contributed by atoms with Gasteiger partial charge < -0.3 is 0 Å². The molecule has 1 saturated carbocycles. The SMILES string of the molecule is O=C(Cl)CCc1nn(C2CCCCC2)c2c1CCCC2. The third-order valence-corrected chi connectivity index (χ3v) is 4.96. The molecule has 0 aromatic carbocycles. The molecule has 0 unspecified atom stereocenters. The van der Waals surface area contributed by atoms with Gasteiger partial charge in [0.1, 0.15) is 0 Å². The van der Waals surface area contributed by atoms with Crippen LogP contribution in [0.5, 0.6) is 0 Å². The van der Waals surface area contributed by atoms with Crippen LogP contribution in [0.25, 0.3) is 0 Å². The van der Waals surface area contributed by atoms with E-state index in [1.165, 1.54) is 56.2 Å². The summed E-state index contributed by atoms with van der Waals surface area (Å²) in [5, 5.41) is 4.64. The third kappa shape index (κ3) is 2.93. The molecule has 3 rings (SSSR count). The van der Waals surface area contributed by atoms with E-state index in [0.717, 1.165) is 18.5 Å². The molecule has 1 aromatic heterocycles. The Bertz CT molecular complexity index is 489. The van der Waals surface area contributed by atoms with Gasteiger partial charge in [-0.3, -0.25) is 9.48 Å². The fourth-order valence-corrected chi connectivity index (χ4v) is 3.84. The number of aryl methyl sites for hydroxylation is 1. The van der Waals surface area contributed by atoms with E-state index in [1.807, 2.05) is 0 Å². The lowest BCUT2D eigenvalue weighted by Crippen LogP contribution is -2.18. The van der Waals surface area contributed by atoms with Crippen molar-refractivity contribution >= 4 is 16.8 Å². The minimum atomic E-state index is -0.248. The van der Waals surface area contributed by atoms with E-state index >= 15 is 0 Å². The van der Waals surface area contributed by atoms with Crippen molar-refractivity contribution in [2.45, 2.75) is 76.7 Å². The molecule has 0 spiro atoms. The quantitative estimate of drug-likeness (QED) is 0.788. The molecule has 1 heterocycles. The van der Waals surface area contributed by atoms with Gasteiger partial charge in [-0.2, -0.15) is 5.10 Å². The van der Waals surface area contributed by atoms with Crippen molar-refractivity contribution in [3.63, 3.8) is 0 Å². The second-order valence-electron chi connectivity index (χ2n) is 6.17. The predicted octanol–water partition coefficient (Wildman–Crippen LogP) is 3.97. The summed E-state index contributed by atoms with van der Waals surface area (Å²) in [5.74, 6) is 0. The Balaban J connectivity index is 1.87. The molecule has 0 aliphatic heterocycles. The first-order chi connectivity index (χ1) is 9.75. The van der Waals surface area contributed by atoms with Gasteiger partial charge in [0.2, 0.25) is 5.24 Å². The molecule has 0 saturated heterocycles. The van der Waals surface area contributed by atoms with Crippen LogP contribution in [0, 0.1) is 0 Å². The molecular formula is C16H23ClN2O. The Morgan fingerprint density at radius 3 is 2.65 bits per heavy atom. The van der Waals surface area contributed by atoms with Gasteiger partial charge in [0.05, 0.1) is 11.7 Å². The van der Waals surface area contributed by atoms with E-state index in [4.69, 9.17) is 16.7 Å². The summed E-state index contributed by atoms with van der Waals surface area (Å²) in [6, 6.07) is 0.594. The fourth-order valence-electron chi connectivity index (χ4n) is 3.75. The molecule has 0 atom stereocenters. The van der Waals surface area contributed by atoms with Crippen LogP contribution in [0.4, 0.5) is 0 Å². The maximum Gasteiger partial charge on any atom is 0.222 e. The monoisotopic (exact) mass is 294 g/mol. The number of hydrogen-bond acceptors (Lipinski definition) is 2. The molecule has 0 N–H and O–H groups in total. The summed E-state index contributed by atoms with van der Waals surface area (Å²) in [6.07, 6.45) is 12.5. The molecule has 3 nitrogen and oxygen atoms in total. The van der Waals surface area contributed by atoms with Gasteiger partial charge in [0, 0.05) is 12.1 Å². The number of rotatable bonds is 4. The lowest BCUT2D eigenvalue weighted by Gasteiger charge is -2.25. The molecular weight excluding hydrogens is 272 g/mol. The van der Waals surface area contributed by atoms with Crippen molar-refractivity contribution in [3.05, 3.63) is 17.0 Å². The van der Waals surface area contributed by atoms with Crippen molar-refractivity contribution in [2.75, 3.05) is 0 Å². The Labute approximate surface area is 125 Å². The van der Waals surface area contributed by atoms with Crippen LogP contribution in [0.2, 0.25) is 0 Å². The van der Waals surface area contributed by atoms with Gasteiger partial charge in [0.15, 0.2) is 0 Å². The molecule has 110 valence electrons. The highest BCUT2D eigenvalue weighted by atomic mass is 35.5. The number of aromatic nitrogens is 2. The molecule has 2 aliphatic carbocycles. The average molecular weight is 295 g/mol. The first kappa shape index (κ1) is 14.1. The summed E-state index contributed by atoms with van der Waals surface area (Å²) in [6.45, 7) is 0. The molecule has 2 aliphatic rings. The van der Waals surface area contributed by atoms with E-state index in [2.05, 4.69) is 4.68 Å². The minimum Gasteiger partial charge on any atom is -0.281 e. The van der Waals surface area contributed by atoms with Crippen molar-refractivity contribution in [1.82, 2.24) is 9.78 Å². The van der Waals surface area contributed by atoms with Gasteiger partial charge in [-0.15, -0.1) is 0 Å². The van der Waals surface area contributed by atoms with Crippen LogP contribution in [-0.4, -0.2) is 15.0 Å². The lowest BCUT2D eigenvalue weighted by atomic mass is 9.92. The topological polar surface area (TPSA) is 34.9 Å². The first-order valence-corrected chi connectivity index (χ1v) is 8.41. The highest BCUT2D eigenvalue weighted by Gasteiger charge is 2.25. The standard InChI is InChI=1S/C16H23ClN2O/c17-16(20)11-10-14-13-8-4-5-9-15(13)19(18-14)12-6-2-1-3-7-12/h12H,1-11H2. The number of halogens is 1. The first-order valence-electron chi connectivity index (χ1n) is 8.03. The van der Waals surface area contributed by atoms with Crippen LogP contribution >= 0.6 is 11.6 Å². The Morgan fingerprint density at radius 1 is 1.15 bits per heavy atom. The lowest BCUT2D eigenvalue weighted by molar-refractivity contribution is -0.111. The molecule has 20 heavy (non-hydrogen) atoms. The largest absolute Gasteiger partial charge is 0.281 e. The second-order valence-corrected chi connectivity index (χ2v) is 6.59. The predicted molar refractivity (Wildman–Crippen MR) is 80.2 cm³/mol. The van der Waals surface area contributed by atoms with Gasteiger partial charge >= 0.3 is 0 Å². The Hall–Kier alpha value is -0.830. The van der Waals surface area contributed by atoms with Gasteiger partial charge in [-0.25, -0.2) is 0 Å². The van der Waals surface area contributed by atoms with E-state index in [9.17, 15) is 4.79 Å². The summed E-state index contributed by atoms with van der Waals surface area (Å²) >= 11 is 5.49. The van der Waals surface area contributed by atoms with Crippen molar-refractivity contribution in [2.24, 2.45) is 0 Å². The zero-order valence-corrected chi connectivity index (χ0v) is 12.8. The molecule has 0 bridgehead atoms. The number of carbonyl (C=O) groups is 1. The van der Waals surface area contributed by atoms with Crippen molar-refractivity contribution < 1.29 is 4.79 Å². The van der Waals surface area contributed by atoms with Gasteiger partial charge in [0.25, 0.3) is 0 Å². The summed E-state index contributed by atoms with van der Waals surface area (Å²) in [4.78, 5) is 11.0. The Morgan fingerprint density at radius 2 is 1.90 bits per heavy atom. The summed E-state index contributed by atoms with van der Waals surface area (Å²) in [5.41, 5.74) is 4.03. The van der Waals surface area contributed by atoms with Crippen LogP contribution in [0.15, 0.2) is 0 Å². The molecule has 4 heteroatoms. The van der Waals surface area contributed by atoms with E-state index in [1.54, 1.807) is 0 Å². The van der Waals surface area contributed by atoms with Gasteiger partial charge in [-0.05, 0) is 62.1 Å². The number of hydrogen-bond donors (Lipinski definition) is 0. The van der Waals surface area contributed by atoms with Gasteiger partial charge in [-0.1, -0.05) is 19.3 Å². The van der Waals surface area contributed by atoms with Crippen molar-refractivity contribution in [1.29, 1.82) is 0 Å². The highest BCUT2D eigenvalue weighted by molar-refractivity contribution is 6.63. The molecule has 0 radical (unpaired) electrons. The maximum atomic E-state index is 11.0. The van der Waals surface area contributed by atoms with Crippen LogP contribution in [0.3, 0.4) is 0 Å². The second kappa shape index (κ2) is 6.30. The number of nitrogens with zero attached hydrogens (tertiary/aromatic N) is 2. The zero-order valence-electron chi connectivity index (χ0n) is 12.0. The highest BCUT2D eigenvalue weighted by Crippen LogP contribution is 2.33. The summed E-state index contributed by atoms with van der Waals surface area (Å²) < 4.78 is 2.32. The number of carbonyl (C=O) groups excluding carboxylic acids is 1. The maximum absolute atomic E-state index is 11.0. The zero-order chi connectivity index (χ0) is 13.9. The summed E-state index contributed by atoms with van der Waals surface area (Å²) in [7, 11) is 0. The minimum absolute atomic E-state index is 0.248. The third-order valence-electron chi connectivity index (χ3n) is 4.77. The smallest absolute Gasteiger partial charge is 0.222 e.